The van der Waals surface area contributed by atoms with E-state index in [0.717, 1.165) is 0 Å². The molecule has 0 saturated carbocycles. The van der Waals surface area contributed by atoms with Gasteiger partial charge < -0.3 is 0 Å². The van der Waals surface area contributed by atoms with Gasteiger partial charge in [-0.05, 0) is 110 Å². The first-order valence-electron chi connectivity index (χ1n) is 16.7. The normalized spacial score (nSPS) is 11.8. The minimum absolute atomic E-state index is 1.23. The summed E-state index contributed by atoms with van der Waals surface area (Å²) in [5, 5.41) is 15.3. The Balaban J connectivity index is 1.39. The Kier molecular flexibility index (Phi) is 5.98. The first kappa shape index (κ1) is 26.9. The summed E-state index contributed by atoms with van der Waals surface area (Å²) in [6.07, 6.45) is 0. The van der Waals surface area contributed by atoms with Crippen molar-refractivity contribution >= 4 is 64.6 Å². The number of hydrogen-bond donors (Lipinski definition) is 0. The Hall–Kier alpha value is -6.24. The second-order valence-electron chi connectivity index (χ2n) is 12.8. The zero-order valence-corrected chi connectivity index (χ0v) is 26.3. The average Bonchev–Trinajstić information content (AvgIpc) is 3.16. The molecule has 48 heavy (non-hydrogen) atoms. The molecule has 0 saturated heterocycles. The van der Waals surface area contributed by atoms with Crippen molar-refractivity contribution in [2.24, 2.45) is 0 Å². The molecule has 0 aliphatic heterocycles. The Morgan fingerprint density at radius 2 is 0.729 bits per heavy atom. The van der Waals surface area contributed by atoms with Crippen molar-refractivity contribution in [2.75, 3.05) is 0 Å². The second kappa shape index (κ2) is 10.7. The van der Waals surface area contributed by atoms with Gasteiger partial charge in [0.2, 0.25) is 0 Å². The number of hydrogen-bond acceptors (Lipinski definition) is 0. The lowest BCUT2D eigenvalue weighted by atomic mass is 9.83. The molecule has 0 atom stereocenters. The molecule has 0 N–H and O–H groups in total. The summed E-state index contributed by atoms with van der Waals surface area (Å²) in [5.41, 5.74) is 7.59. The van der Waals surface area contributed by atoms with Crippen molar-refractivity contribution in [1.82, 2.24) is 0 Å². The van der Waals surface area contributed by atoms with Crippen molar-refractivity contribution in [3.8, 4) is 33.4 Å². The molecule has 0 nitrogen and oxygen atoms in total. The summed E-state index contributed by atoms with van der Waals surface area (Å²) in [6, 6.07) is 67.2. The standard InChI is InChI=1S/C48H30/c1-2-15-33(16-3-1)46-40-22-10-11-23-41(40)48(39-24-12-18-31-13-4-7-19-36(31)39)43-28-26-35(30-45(43)46)47-38-21-9-6-17-34(38)29-44-37-20-8-5-14-32(37)25-27-42(44)47/h1-30H. The van der Waals surface area contributed by atoms with Gasteiger partial charge in [-0.15, -0.1) is 0 Å². The molecular formula is C48H30. The molecule has 10 aromatic rings. The molecule has 0 amide bonds. The molecule has 10 aromatic carbocycles. The first-order chi connectivity index (χ1) is 23.8. The topological polar surface area (TPSA) is 0 Å². The van der Waals surface area contributed by atoms with Crippen LogP contribution in [-0.2, 0) is 0 Å². The van der Waals surface area contributed by atoms with Crippen molar-refractivity contribution in [3.05, 3.63) is 182 Å². The van der Waals surface area contributed by atoms with Crippen LogP contribution in [0, 0.1) is 0 Å². The van der Waals surface area contributed by atoms with Crippen molar-refractivity contribution in [3.63, 3.8) is 0 Å². The highest BCUT2D eigenvalue weighted by atomic mass is 14.2. The van der Waals surface area contributed by atoms with Crippen LogP contribution in [0.15, 0.2) is 182 Å². The van der Waals surface area contributed by atoms with Gasteiger partial charge in [0.15, 0.2) is 0 Å². The van der Waals surface area contributed by atoms with Gasteiger partial charge in [0.25, 0.3) is 0 Å². The maximum Gasteiger partial charge on any atom is -0.00201 e. The van der Waals surface area contributed by atoms with E-state index in [-0.39, 0.29) is 0 Å². The third-order valence-corrected chi connectivity index (χ3v) is 10.2. The van der Waals surface area contributed by atoms with Crippen LogP contribution >= 0.6 is 0 Å². The van der Waals surface area contributed by atoms with Gasteiger partial charge >= 0.3 is 0 Å². The molecular weight excluding hydrogens is 577 g/mol. The summed E-state index contributed by atoms with van der Waals surface area (Å²) in [7, 11) is 0. The molecule has 0 aliphatic carbocycles. The zero-order valence-electron chi connectivity index (χ0n) is 26.3. The highest BCUT2D eigenvalue weighted by Gasteiger charge is 2.20. The lowest BCUT2D eigenvalue weighted by molar-refractivity contribution is 1.66. The SMILES string of the molecule is c1ccc(-c2c3ccccc3c(-c3cccc4ccccc34)c3ccc(-c4c5ccccc5cc5c4ccc4ccccc45)cc23)cc1. The molecule has 0 fully saturated rings. The lowest BCUT2D eigenvalue weighted by Crippen LogP contribution is -1.93. The van der Waals surface area contributed by atoms with E-state index in [9.17, 15) is 0 Å². The zero-order chi connectivity index (χ0) is 31.6. The van der Waals surface area contributed by atoms with E-state index in [4.69, 9.17) is 0 Å². The Morgan fingerprint density at radius 1 is 0.208 bits per heavy atom. The van der Waals surface area contributed by atoms with Gasteiger partial charge in [0, 0.05) is 0 Å². The van der Waals surface area contributed by atoms with E-state index in [1.165, 1.54) is 98.0 Å². The fourth-order valence-corrected chi connectivity index (χ4v) is 8.11. The van der Waals surface area contributed by atoms with Gasteiger partial charge in [0.1, 0.15) is 0 Å². The molecule has 0 bridgehead atoms. The summed E-state index contributed by atoms with van der Waals surface area (Å²) in [6.45, 7) is 0. The predicted molar refractivity (Wildman–Crippen MR) is 208 cm³/mol. The third-order valence-electron chi connectivity index (χ3n) is 10.2. The molecule has 0 aromatic heterocycles. The van der Waals surface area contributed by atoms with Crippen molar-refractivity contribution in [2.45, 2.75) is 0 Å². The number of benzene rings is 10. The molecule has 0 aliphatic rings. The van der Waals surface area contributed by atoms with E-state index >= 15 is 0 Å². The van der Waals surface area contributed by atoms with Crippen molar-refractivity contribution in [1.29, 1.82) is 0 Å². The van der Waals surface area contributed by atoms with Gasteiger partial charge in [-0.25, -0.2) is 0 Å². The molecule has 0 radical (unpaired) electrons. The number of rotatable bonds is 3. The summed E-state index contributed by atoms with van der Waals surface area (Å²) in [4.78, 5) is 0. The van der Waals surface area contributed by atoms with E-state index in [1.807, 2.05) is 0 Å². The van der Waals surface area contributed by atoms with Crippen LogP contribution in [-0.4, -0.2) is 0 Å². The number of fused-ring (bicyclic) bond motifs is 7. The van der Waals surface area contributed by atoms with Gasteiger partial charge in [0.05, 0.1) is 0 Å². The fraction of sp³-hybridized carbons (Fsp3) is 0. The molecule has 0 spiro atoms. The minimum Gasteiger partial charge on any atom is -0.0622 e. The van der Waals surface area contributed by atoms with E-state index < -0.39 is 0 Å². The lowest BCUT2D eigenvalue weighted by Gasteiger charge is -2.20. The maximum atomic E-state index is 2.47. The molecule has 10 rings (SSSR count). The molecule has 0 heterocycles. The van der Waals surface area contributed by atoms with E-state index in [2.05, 4.69) is 182 Å². The minimum atomic E-state index is 1.23. The molecule has 0 heteroatoms. The van der Waals surface area contributed by atoms with Crippen LogP contribution in [0.1, 0.15) is 0 Å². The Morgan fingerprint density at radius 3 is 1.52 bits per heavy atom. The van der Waals surface area contributed by atoms with Gasteiger partial charge in [-0.1, -0.05) is 170 Å². The predicted octanol–water partition coefficient (Wildman–Crippen LogP) is 13.6. The van der Waals surface area contributed by atoms with Crippen LogP contribution in [0.2, 0.25) is 0 Å². The largest absolute Gasteiger partial charge is 0.0622 e. The Bertz CT molecular complexity index is 2870. The third kappa shape index (κ3) is 4.03. The molecule has 0 unspecified atom stereocenters. The van der Waals surface area contributed by atoms with Crippen LogP contribution < -0.4 is 0 Å². The summed E-state index contributed by atoms with van der Waals surface area (Å²) < 4.78 is 0. The average molecular weight is 607 g/mol. The highest BCUT2D eigenvalue weighted by Crippen LogP contribution is 2.47. The Labute approximate surface area is 279 Å². The van der Waals surface area contributed by atoms with Crippen LogP contribution in [0.25, 0.3) is 98.0 Å². The van der Waals surface area contributed by atoms with Crippen LogP contribution in [0.4, 0.5) is 0 Å². The van der Waals surface area contributed by atoms with E-state index in [1.54, 1.807) is 0 Å². The van der Waals surface area contributed by atoms with Gasteiger partial charge in [-0.2, -0.15) is 0 Å². The fourth-order valence-electron chi connectivity index (χ4n) is 8.11. The highest BCUT2D eigenvalue weighted by molar-refractivity contribution is 6.25. The smallest absolute Gasteiger partial charge is 0.00201 e. The summed E-state index contributed by atoms with van der Waals surface area (Å²) >= 11 is 0. The van der Waals surface area contributed by atoms with Crippen LogP contribution in [0.5, 0.6) is 0 Å². The second-order valence-corrected chi connectivity index (χ2v) is 12.8. The van der Waals surface area contributed by atoms with E-state index in [0.29, 0.717) is 0 Å². The van der Waals surface area contributed by atoms with Crippen molar-refractivity contribution < 1.29 is 0 Å². The summed E-state index contributed by atoms with van der Waals surface area (Å²) in [5.74, 6) is 0. The quantitative estimate of drug-likeness (QED) is 0.139. The molecule has 222 valence electrons. The first-order valence-corrected chi connectivity index (χ1v) is 16.7. The van der Waals surface area contributed by atoms with Crippen LogP contribution in [0.3, 0.4) is 0 Å². The van der Waals surface area contributed by atoms with Gasteiger partial charge in [-0.3, -0.25) is 0 Å². The maximum absolute atomic E-state index is 2.47. The monoisotopic (exact) mass is 606 g/mol.